The van der Waals surface area contributed by atoms with E-state index in [0.29, 0.717) is 4.90 Å². The van der Waals surface area contributed by atoms with E-state index in [1.54, 1.807) is 6.07 Å². The number of halogens is 1. The molecule has 20 heavy (non-hydrogen) atoms. The summed E-state index contributed by atoms with van der Waals surface area (Å²) in [4.78, 5) is 1.75. The van der Waals surface area contributed by atoms with E-state index in [4.69, 9.17) is 5.73 Å². The molecule has 0 radical (unpaired) electrons. The fourth-order valence-corrected chi connectivity index (χ4v) is 3.83. The Hall–Kier alpha value is -1.32. The van der Waals surface area contributed by atoms with Crippen LogP contribution in [-0.4, -0.2) is 0 Å². The summed E-state index contributed by atoms with van der Waals surface area (Å²) in [6, 6.07) is 11.4. The molecule has 0 aromatic heterocycles. The summed E-state index contributed by atoms with van der Waals surface area (Å²) in [6.45, 7) is 1.89. The largest absolute Gasteiger partial charge is 0.324 e. The molecule has 3 heteroatoms. The molecule has 1 atom stereocenters. The third-order valence-corrected chi connectivity index (χ3v) is 4.90. The minimum atomic E-state index is -0.190. The van der Waals surface area contributed by atoms with Crippen molar-refractivity contribution in [3.8, 4) is 0 Å². The molecule has 0 aliphatic heterocycles. The van der Waals surface area contributed by atoms with Gasteiger partial charge in [-0.25, -0.2) is 4.39 Å². The molecule has 2 aromatic carbocycles. The van der Waals surface area contributed by atoms with E-state index in [-0.39, 0.29) is 11.9 Å². The van der Waals surface area contributed by atoms with Gasteiger partial charge in [0.1, 0.15) is 5.82 Å². The lowest BCUT2D eigenvalue weighted by molar-refractivity contribution is 0.591. The molecule has 104 valence electrons. The zero-order chi connectivity index (χ0) is 14.1. The fourth-order valence-electron chi connectivity index (χ4n) is 2.72. The molecule has 0 heterocycles. The van der Waals surface area contributed by atoms with Crippen LogP contribution >= 0.6 is 11.8 Å². The maximum atomic E-state index is 14.1. The lowest BCUT2D eigenvalue weighted by Gasteiger charge is -2.13. The third kappa shape index (κ3) is 2.60. The quantitative estimate of drug-likeness (QED) is 0.900. The Labute approximate surface area is 123 Å². The van der Waals surface area contributed by atoms with E-state index in [1.165, 1.54) is 41.8 Å². The van der Waals surface area contributed by atoms with Gasteiger partial charge in [-0.2, -0.15) is 0 Å². The Morgan fingerprint density at radius 2 is 1.95 bits per heavy atom. The Morgan fingerprint density at radius 1 is 1.15 bits per heavy atom. The van der Waals surface area contributed by atoms with Crippen molar-refractivity contribution in [2.45, 2.75) is 42.0 Å². The van der Waals surface area contributed by atoms with Crippen LogP contribution in [0.2, 0.25) is 0 Å². The molecular formula is C17H18FNS. The Bertz CT molecular complexity index is 637. The molecule has 0 saturated heterocycles. The molecule has 0 saturated carbocycles. The van der Waals surface area contributed by atoms with Crippen molar-refractivity contribution >= 4 is 11.8 Å². The lowest BCUT2D eigenvalue weighted by Crippen LogP contribution is -2.07. The van der Waals surface area contributed by atoms with Crippen LogP contribution in [-0.2, 0) is 12.8 Å². The van der Waals surface area contributed by atoms with Crippen LogP contribution in [0, 0.1) is 5.82 Å². The highest BCUT2D eigenvalue weighted by atomic mass is 32.2. The van der Waals surface area contributed by atoms with Crippen LogP contribution in [0.4, 0.5) is 4.39 Å². The first-order valence-corrected chi connectivity index (χ1v) is 7.80. The monoisotopic (exact) mass is 287 g/mol. The minimum absolute atomic E-state index is 0.164. The molecule has 0 spiro atoms. The summed E-state index contributed by atoms with van der Waals surface area (Å²) in [5.41, 5.74) is 9.67. The van der Waals surface area contributed by atoms with Crippen molar-refractivity contribution < 1.29 is 4.39 Å². The number of aryl methyl sites for hydroxylation is 2. The molecule has 0 fully saturated rings. The third-order valence-electron chi connectivity index (χ3n) is 3.78. The number of fused-ring (bicyclic) bond motifs is 1. The molecule has 0 unspecified atom stereocenters. The van der Waals surface area contributed by atoms with Crippen LogP contribution < -0.4 is 5.73 Å². The summed E-state index contributed by atoms with van der Waals surface area (Å²) < 4.78 is 14.1. The van der Waals surface area contributed by atoms with Gasteiger partial charge in [-0.05, 0) is 61.1 Å². The van der Waals surface area contributed by atoms with Gasteiger partial charge < -0.3 is 5.73 Å². The van der Waals surface area contributed by atoms with Gasteiger partial charge in [0.2, 0.25) is 0 Å². The summed E-state index contributed by atoms with van der Waals surface area (Å²) in [5.74, 6) is -0.190. The molecule has 0 bridgehead atoms. The van der Waals surface area contributed by atoms with Crippen molar-refractivity contribution in [2.24, 2.45) is 5.73 Å². The van der Waals surface area contributed by atoms with Gasteiger partial charge in [0.15, 0.2) is 0 Å². The molecule has 1 aliphatic rings. The molecule has 2 aromatic rings. The van der Waals surface area contributed by atoms with Gasteiger partial charge in [0.25, 0.3) is 0 Å². The second-order valence-electron chi connectivity index (χ2n) is 5.33. The zero-order valence-corrected chi connectivity index (χ0v) is 12.3. The highest BCUT2D eigenvalue weighted by Gasteiger charge is 2.15. The number of benzene rings is 2. The standard InChI is InChI=1S/C17H18FNS/c1-11(19)15-6-3-7-16(18)17(15)20-14-9-8-12-4-2-5-13(12)10-14/h3,6-11H,2,4-5,19H2,1H3/t11-/m0/s1. The normalized spacial score (nSPS) is 15.2. The van der Waals surface area contributed by atoms with Gasteiger partial charge in [0, 0.05) is 10.9 Å². The van der Waals surface area contributed by atoms with E-state index >= 15 is 0 Å². The fraction of sp³-hybridized carbons (Fsp3) is 0.294. The van der Waals surface area contributed by atoms with Gasteiger partial charge in [-0.3, -0.25) is 0 Å². The van der Waals surface area contributed by atoms with Crippen LogP contribution in [0.25, 0.3) is 0 Å². The SMILES string of the molecule is C[C@H](N)c1cccc(F)c1Sc1ccc2c(c1)CCC2. The van der Waals surface area contributed by atoms with Gasteiger partial charge in [-0.15, -0.1) is 0 Å². The van der Waals surface area contributed by atoms with Crippen molar-refractivity contribution in [2.75, 3.05) is 0 Å². The topological polar surface area (TPSA) is 26.0 Å². The van der Waals surface area contributed by atoms with Gasteiger partial charge in [-0.1, -0.05) is 30.0 Å². The summed E-state index contributed by atoms with van der Waals surface area (Å²) in [7, 11) is 0. The molecule has 0 amide bonds. The van der Waals surface area contributed by atoms with Crippen molar-refractivity contribution in [1.82, 2.24) is 0 Å². The second kappa shape index (κ2) is 5.58. The number of hydrogen-bond donors (Lipinski definition) is 1. The van der Waals surface area contributed by atoms with E-state index < -0.39 is 0 Å². The van der Waals surface area contributed by atoms with Crippen LogP contribution in [0.15, 0.2) is 46.2 Å². The predicted molar refractivity (Wildman–Crippen MR) is 81.6 cm³/mol. The first-order valence-electron chi connectivity index (χ1n) is 6.99. The molecule has 2 N–H and O–H groups in total. The molecular weight excluding hydrogens is 269 g/mol. The first kappa shape index (κ1) is 13.7. The smallest absolute Gasteiger partial charge is 0.137 e. The van der Waals surface area contributed by atoms with Gasteiger partial charge in [0.05, 0.1) is 4.90 Å². The summed E-state index contributed by atoms with van der Waals surface area (Å²) in [5, 5.41) is 0. The average molecular weight is 287 g/mol. The molecule has 1 aliphatic carbocycles. The lowest BCUT2D eigenvalue weighted by atomic mass is 10.1. The number of rotatable bonds is 3. The van der Waals surface area contributed by atoms with Gasteiger partial charge >= 0.3 is 0 Å². The van der Waals surface area contributed by atoms with E-state index in [2.05, 4.69) is 18.2 Å². The number of hydrogen-bond acceptors (Lipinski definition) is 2. The zero-order valence-electron chi connectivity index (χ0n) is 11.5. The summed E-state index contributed by atoms with van der Waals surface area (Å²) >= 11 is 1.48. The van der Waals surface area contributed by atoms with E-state index in [0.717, 1.165) is 16.9 Å². The van der Waals surface area contributed by atoms with Crippen LogP contribution in [0.1, 0.15) is 36.1 Å². The summed E-state index contributed by atoms with van der Waals surface area (Å²) in [6.07, 6.45) is 3.54. The first-order chi connectivity index (χ1) is 9.65. The molecule has 3 rings (SSSR count). The van der Waals surface area contributed by atoms with E-state index in [1.807, 2.05) is 13.0 Å². The Morgan fingerprint density at radius 3 is 2.75 bits per heavy atom. The number of nitrogens with two attached hydrogens (primary N) is 1. The Balaban J connectivity index is 1.95. The average Bonchev–Trinajstić information content (AvgIpc) is 2.88. The van der Waals surface area contributed by atoms with Crippen molar-refractivity contribution in [3.05, 3.63) is 58.9 Å². The van der Waals surface area contributed by atoms with Crippen molar-refractivity contribution in [3.63, 3.8) is 0 Å². The minimum Gasteiger partial charge on any atom is -0.324 e. The maximum Gasteiger partial charge on any atom is 0.137 e. The maximum absolute atomic E-state index is 14.1. The van der Waals surface area contributed by atoms with E-state index in [9.17, 15) is 4.39 Å². The second-order valence-corrected chi connectivity index (χ2v) is 6.42. The van der Waals surface area contributed by atoms with Crippen LogP contribution in [0.5, 0.6) is 0 Å². The highest BCUT2D eigenvalue weighted by Crippen LogP contribution is 2.36. The van der Waals surface area contributed by atoms with Crippen molar-refractivity contribution in [1.29, 1.82) is 0 Å². The molecule has 1 nitrogen and oxygen atoms in total. The Kier molecular flexibility index (Phi) is 3.81. The highest BCUT2D eigenvalue weighted by molar-refractivity contribution is 7.99. The predicted octanol–water partition coefficient (Wildman–Crippen LogP) is 4.49. The van der Waals surface area contributed by atoms with Crippen LogP contribution in [0.3, 0.4) is 0 Å².